The van der Waals surface area contributed by atoms with Crippen LogP contribution in [0, 0.1) is 0 Å². The van der Waals surface area contributed by atoms with Gasteiger partial charge in [0.2, 0.25) is 0 Å². The van der Waals surface area contributed by atoms with Gasteiger partial charge in [0, 0.05) is 62.2 Å². The molecule has 1 radical (unpaired) electrons. The van der Waals surface area contributed by atoms with Gasteiger partial charge in [-0.25, -0.2) is 0 Å². The number of hydrogen-bond acceptors (Lipinski definition) is 2. The molecular weight excluding hydrogens is 573 g/mol. The van der Waals surface area contributed by atoms with Crippen LogP contribution in [0.25, 0.3) is 65.2 Å². The maximum absolute atomic E-state index is 4.34. The van der Waals surface area contributed by atoms with Crippen LogP contribution in [0.1, 0.15) is 0 Å². The summed E-state index contributed by atoms with van der Waals surface area (Å²) in [5, 5.41) is 10.6. The summed E-state index contributed by atoms with van der Waals surface area (Å²) in [5.74, 6) is 0. The van der Waals surface area contributed by atoms with E-state index in [0.29, 0.717) is 0 Å². The molecule has 193 valence electrons. The normalized spacial score (nSPS) is 11.1. The molecule has 0 N–H and O–H groups in total. The molecule has 0 spiro atoms. The van der Waals surface area contributed by atoms with Crippen molar-refractivity contribution in [2.45, 2.75) is 0 Å². The van der Waals surface area contributed by atoms with Crippen molar-refractivity contribution in [1.82, 2.24) is 9.13 Å². The van der Waals surface area contributed by atoms with Crippen molar-refractivity contribution in [1.29, 1.82) is 0 Å². The van der Waals surface area contributed by atoms with Crippen LogP contribution in [0.2, 0.25) is 0 Å². The van der Waals surface area contributed by atoms with Gasteiger partial charge in [0.25, 0.3) is 0 Å². The molecule has 2 heterocycles. The number of hydrogen-bond donors (Lipinski definition) is 1. The van der Waals surface area contributed by atoms with Crippen molar-refractivity contribution < 1.29 is 0 Å². The summed E-state index contributed by atoms with van der Waals surface area (Å²) in [6.45, 7) is 0. The third-order valence-electron chi connectivity index (χ3n) is 7.66. The number of thiol groups is 1. The molecule has 8 aromatic rings. The number of benzene rings is 6. The van der Waals surface area contributed by atoms with Crippen LogP contribution in [0.15, 0.2) is 124 Å². The predicted molar refractivity (Wildman–Crippen MR) is 181 cm³/mol. The monoisotopic (exact) mass is 598 g/mol. The van der Waals surface area contributed by atoms with Crippen LogP contribution in [0.5, 0.6) is 0 Å². The minimum atomic E-state index is 1.13. The summed E-state index contributed by atoms with van der Waals surface area (Å²) in [7, 11) is 8.61. The average molecular weight is 599 g/mol. The van der Waals surface area contributed by atoms with E-state index in [-0.39, 0.29) is 0 Å². The molecular formula is C34H26BBrN3S. The molecule has 6 heteroatoms. The van der Waals surface area contributed by atoms with Crippen LogP contribution in [-0.4, -0.2) is 16.8 Å². The average Bonchev–Trinajstić information content (AvgIpc) is 3.45. The Morgan fingerprint density at radius 2 is 0.975 bits per heavy atom. The first-order valence-corrected chi connectivity index (χ1v) is 14.2. The first-order chi connectivity index (χ1) is 19.5. The van der Waals surface area contributed by atoms with Crippen LogP contribution >= 0.6 is 28.7 Å². The zero-order chi connectivity index (χ0) is 27.8. The molecule has 6 aromatic carbocycles. The van der Waals surface area contributed by atoms with Gasteiger partial charge >= 0.3 is 24.8 Å². The van der Waals surface area contributed by atoms with Gasteiger partial charge in [-0.2, -0.15) is 0 Å². The second-order valence-electron chi connectivity index (χ2n) is 9.77. The molecule has 3 nitrogen and oxygen atoms in total. The van der Waals surface area contributed by atoms with Crippen molar-refractivity contribution in [3.8, 4) is 0 Å². The molecule has 0 amide bonds. The Morgan fingerprint density at radius 3 is 1.55 bits per heavy atom. The first-order valence-electron chi connectivity index (χ1n) is 13.0. The van der Waals surface area contributed by atoms with Gasteiger partial charge in [0.15, 0.2) is 0 Å². The third-order valence-corrected chi connectivity index (χ3v) is 8.15. The van der Waals surface area contributed by atoms with Gasteiger partial charge in [0.1, 0.15) is 0 Å². The topological polar surface area (TPSA) is 22.2 Å². The first kappa shape index (κ1) is 26.4. The molecule has 0 atom stereocenters. The van der Waals surface area contributed by atoms with E-state index < -0.39 is 0 Å². The molecule has 0 aliphatic carbocycles. The van der Waals surface area contributed by atoms with Gasteiger partial charge in [0.05, 0.1) is 0 Å². The molecule has 0 unspecified atom stereocenters. The molecule has 0 saturated heterocycles. The van der Waals surface area contributed by atoms with E-state index >= 15 is 0 Å². The summed E-state index contributed by atoms with van der Waals surface area (Å²) in [6, 6.07) is 41.1. The summed E-state index contributed by atoms with van der Waals surface area (Å²) in [4.78, 5) is 0. The molecule has 0 bridgehead atoms. The van der Waals surface area contributed by atoms with Gasteiger partial charge in [-0.3, -0.25) is 0 Å². The van der Waals surface area contributed by atoms with E-state index in [1.807, 2.05) is 0 Å². The molecule has 0 aliphatic rings. The summed E-state index contributed by atoms with van der Waals surface area (Å²) in [6.07, 6.45) is 0. The molecule has 8 rings (SSSR count). The van der Waals surface area contributed by atoms with E-state index in [2.05, 4.69) is 179 Å². The maximum atomic E-state index is 4.34. The van der Waals surface area contributed by atoms with E-state index in [9.17, 15) is 0 Å². The van der Waals surface area contributed by atoms with E-state index in [1.54, 1.807) is 0 Å². The van der Waals surface area contributed by atoms with E-state index in [1.165, 1.54) is 65.2 Å². The number of fused-ring (bicyclic) bond motifs is 10. The Hall–Kier alpha value is -3.87. The fraction of sp³-hybridized carbons (Fsp3) is 0.0588. The molecule has 0 aliphatic heterocycles. The van der Waals surface area contributed by atoms with Crippen molar-refractivity contribution in [3.05, 3.63) is 120 Å². The Labute approximate surface area is 247 Å². The van der Waals surface area contributed by atoms with Crippen LogP contribution in [-0.2, 0) is 14.1 Å². The van der Waals surface area contributed by atoms with Gasteiger partial charge < -0.3 is 9.13 Å². The number of nitrogens with zero attached hydrogens (tertiary/aromatic N) is 3. The third kappa shape index (κ3) is 4.41. The Morgan fingerprint density at radius 1 is 0.550 bits per heavy atom. The number of para-hydroxylation sites is 1. The molecule has 2 aromatic heterocycles. The Bertz CT molecular complexity index is 2200. The zero-order valence-corrected chi connectivity index (χ0v) is 24.7. The van der Waals surface area contributed by atoms with Gasteiger partial charge in [-0.1, -0.05) is 94.8 Å². The standard InChI is InChI=1S/C17H12BrN.C17H13N.BHNS/c1-19-15-9-7-12(18)10-14(15)17-13-5-3-2-4-11(13)6-8-16(17)19;1-18-15-9-5-4-8-14(15)17-13-7-3-2-6-12(13)10-11-16(17)18;1-2-3/h2-10H,1H3;2-11H,1H3;3H. The second-order valence-corrected chi connectivity index (χ2v) is 10.9. The number of aromatic nitrogens is 2. The van der Waals surface area contributed by atoms with E-state index in [0.717, 1.165) is 4.47 Å². The quantitative estimate of drug-likeness (QED) is 0.132. The predicted octanol–water partition coefficient (Wildman–Crippen LogP) is 9.92. The van der Waals surface area contributed by atoms with Crippen molar-refractivity contribution in [3.63, 3.8) is 0 Å². The minimum absolute atomic E-state index is 1.13. The van der Waals surface area contributed by atoms with Crippen molar-refractivity contribution >= 4 is 102 Å². The van der Waals surface area contributed by atoms with Gasteiger partial charge in [-0.15, -0.1) is 0 Å². The summed E-state index contributed by atoms with van der Waals surface area (Å²) < 4.78 is 8.36. The zero-order valence-electron chi connectivity index (χ0n) is 22.2. The Balaban J connectivity index is 0.000000132. The van der Waals surface area contributed by atoms with Crippen molar-refractivity contribution in [2.75, 3.05) is 0 Å². The van der Waals surface area contributed by atoms with Crippen LogP contribution in [0.4, 0.5) is 0 Å². The van der Waals surface area contributed by atoms with Crippen LogP contribution in [0.3, 0.4) is 0 Å². The van der Waals surface area contributed by atoms with Gasteiger partial charge in [-0.05, 0) is 57.9 Å². The molecule has 0 saturated carbocycles. The molecule has 0 fully saturated rings. The fourth-order valence-corrected chi connectivity index (χ4v) is 6.24. The number of rotatable bonds is 0. The Kier molecular flexibility index (Phi) is 7.22. The number of aryl methyl sites for hydroxylation is 2. The summed E-state index contributed by atoms with van der Waals surface area (Å²) in [5.41, 5.74) is 5.15. The molecule has 40 heavy (non-hydrogen) atoms. The second kappa shape index (κ2) is 11.0. The van der Waals surface area contributed by atoms with Crippen LogP contribution < -0.4 is 0 Å². The number of halogens is 1. The SMILES string of the molecule is Cn1c2ccc(Br)cc2c2c3ccccc3ccc21.Cn1c2ccccc2c2c3ccccc3ccc21.[B]=NS. The van der Waals surface area contributed by atoms with E-state index in [4.69, 9.17) is 0 Å². The fourth-order valence-electron chi connectivity index (χ4n) is 5.88. The van der Waals surface area contributed by atoms with Crippen molar-refractivity contribution in [2.24, 2.45) is 18.4 Å². The summed E-state index contributed by atoms with van der Waals surface area (Å²) >= 11 is 6.77.